The van der Waals surface area contributed by atoms with Crippen LogP contribution >= 0.6 is 0 Å². The first-order chi connectivity index (χ1) is 25.1. The first-order valence-corrected chi connectivity index (χ1v) is 17.9. The molecule has 270 valence electrons. The van der Waals surface area contributed by atoms with Crippen LogP contribution in [0.2, 0.25) is 0 Å². The second-order valence-electron chi connectivity index (χ2n) is 13.8. The molecule has 2 aliphatic rings. The molecule has 2 aliphatic heterocycles. The Morgan fingerprint density at radius 1 is 0.712 bits per heavy atom. The summed E-state index contributed by atoms with van der Waals surface area (Å²) in [6.45, 7) is 4.68. The van der Waals surface area contributed by atoms with Crippen LogP contribution in [0, 0.1) is 5.92 Å². The smallest absolute Gasteiger partial charge is 0.407 e. The lowest BCUT2D eigenvalue weighted by Gasteiger charge is -2.30. The number of fused-ring (bicyclic) bond motifs is 1. The molecule has 0 radical (unpaired) electrons. The van der Waals surface area contributed by atoms with Crippen LogP contribution in [0.4, 0.5) is 16.2 Å². The number of anilines is 2. The molecule has 3 unspecified atom stereocenters. The van der Waals surface area contributed by atoms with Crippen molar-refractivity contribution >= 4 is 51.9 Å². The molecule has 0 spiro atoms. The Morgan fingerprint density at radius 2 is 1.29 bits per heavy atom. The van der Waals surface area contributed by atoms with E-state index in [-0.39, 0.29) is 36.0 Å². The monoisotopic (exact) mass is 703 g/mol. The average molecular weight is 704 g/mol. The summed E-state index contributed by atoms with van der Waals surface area (Å²) in [6.07, 6.45) is 2.25. The molecule has 3 N–H and O–H groups in total. The van der Waals surface area contributed by atoms with Crippen molar-refractivity contribution in [3.8, 4) is 11.1 Å². The number of alkyl carbamates (subject to hydrolysis) is 1. The van der Waals surface area contributed by atoms with Gasteiger partial charge in [0.1, 0.15) is 18.1 Å². The van der Waals surface area contributed by atoms with Crippen LogP contribution in [0.5, 0.6) is 0 Å². The van der Waals surface area contributed by atoms with Gasteiger partial charge in [-0.3, -0.25) is 19.2 Å². The molecule has 2 heterocycles. The van der Waals surface area contributed by atoms with E-state index >= 15 is 0 Å². The largest absolute Gasteiger partial charge is 0.453 e. The normalized spacial score (nSPS) is 17.5. The lowest BCUT2D eigenvalue weighted by molar-refractivity contribution is -0.139. The number of carbonyl (C=O) groups is 5. The van der Waals surface area contributed by atoms with Gasteiger partial charge in [0.05, 0.1) is 13.5 Å². The molecule has 6 rings (SSSR count). The summed E-state index contributed by atoms with van der Waals surface area (Å²) < 4.78 is 4.69. The summed E-state index contributed by atoms with van der Waals surface area (Å²) in [5, 5.41) is 10.6. The van der Waals surface area contributed by atoms with Gasteiger partial charge >= 0.3 is 6.09 Å². The zero-order valence-corrected chi connectivity index (χ0v) is 29.8. The molecule has 2 fully saturated rings. The van der Waals surface area contributed by atoms with Gasteiger partial charge in [-0.05, 0) is 89.4 Å². The van der Waals surface area contributed by atoms with Crippen molar-refractivity contribution in [3.05, 3.63) is 96.6 Å². The van der Waals surface area contributed by atoms with Crippen molar-refractivity contribution in [2.75, 3.05) is 30.8 Å². The fraction of sp³-hybridized carbons (Fsp3) is 0.341. The Bertz CT molecular complexity index is 1950. The number of hydrogen-bond donors (Lipinski definition) is 3. The van der Waals surface area contributed by atoms with Crippen molar-refractivity contribution in [2.45, 2.75) is 64.1 Å². The van der Waals surface area contributed by atoms with Gasteiger partial charge in [0.2, 0.25) is 23.6 Å². The lowest BCUT2D eigenvalue weighted by Crippen LogP contribution is -2.54. The van der Waals surface area contributed by atoms with E-state index in [0.29, 0.717) is 43.7 Å². The highest BCUT2D eigenvalue weighted by atomic mass is 16.5. The van der Waals surface area contributed by atoms with E-state index in [1.807, 2.05) is 98.8 Å². The maximum Gasteiger partial charge on any atom is 0.407 e. The van der Waals surface area contributed by atoms with Gasteiger partial charge in [-0.25, -0.2) is 4.79 Å². The topological polar surface area (TPSA) is 137 Å². The highest BCUT2D eigenvalue weighted by molar-refractivity contribution is 6.01. The van der Waals surface area contributed by atoms with E-state index in [4.69, 9.17) is 4.74 Å². The Morgan fingerprint density at radius 3 is 1.96 bits per heavy atom. The molecule has 0 aliphatic carbocycles. The number of ether oxygens (including phenoxy) is 1. The van der Waals surface area contributed by atoms with Crippen LogP contribution in [0.15, 0.2) is 91.0 Å². The zero-order chi connectivity index (χ0) is 36.8. The number of likely N-dealkylation sites (tertiary alicyclic amines) is 2. The van der Waals surface area contributed by atoms with Crippen LogP contribution in [0.25, 0.3) is 21.9 Å². The highest BCUT2D eigenvalue weighted by Gasteiger charge is 2.39. The summed E-state index contributed by atoms with van der Waals surface area (Å²) in [5.41, 5.74) is 4.18. The molecule has 3 atom stereocenters. The molecule has 5 amide bonds. The fourth-order valence-electron chi connectivity index (χ4n) is 7.09. The van der Waals surface area contributed by atoms with Crippen LogP contribution in [0.1, 0.15) is 45.1 Å². The van der Waals surface area contributed by atoms with Gasteiger partial charge in [0, 0.05) is 24.5 Å². The van der Waals surface area contributed by atoms with E-state index in [2.05, 4.69) is 22.0 Å². The summed E-state index contributed by atoms with van der Waals surface area (Å²) in [5.74, 6) is -0.968. The number of methoxy groups -OCH3 is 1. The number of rotatable bonds is 10. The predicted molar refractivity (Wildman–Crippen MR) is 200 cm³/mol. The van der Waals surface area contributed by atoms with Crippen LogP contribution in [-0.2, 0) is 30.3 Å². The van der Waals surface area contributed by atoms with Crippen molar-refractivity contribution in [3.63, 3.8) is 0 Å². The molecule has 2 saturated heterocycles. The molecule has 0 aromatic heterocycles. The molecule has 4 aromatic carbocycles. The van der Waals surface area contributed by atoms with E-state index in [9.17, 15) is 24.0 Å². The number of carbonyl (C=O) groups excluding carboxylic acids is 5. The second-order valence-corrected chi connectivity index (χ2v) is 13.8. The summed E-state index contributed by atoms with van der Waals surface area (Å²) in [7, 11) is 1.25. The van der Waals surface area contributed by atoms with Gasteiger partial charge in [0.15, 0.2) is 0 Å². The Kier molecular flexibility index (Phi) is 11.2. The fourth-order valence-corrected chi connectivity index (χ4v) is 7.09. The third-order valence-corrected chi connectivity index (χ3v) is 9.90. The molecule has 11 heteroatoms. The molecule has 0 bridgehead atoms. The lowest BCUT2D eigenvalue weighted by atomic mass is 10.0. The summed E-state index contributed by atoms with van der Waals surface area (Å²) >= 11 is 0. The molecular weight excluding hydrogens is 658 g/mol. The van der Waals surface area contributed by atoms with Crippen molar-refractivity contribution in [1.29, 1.82) is 0 Å². The minimum atomic E-state index is -0.794. The summed E-state index contributed by atoms with van der Waals surface area (Å²) in [6, 6.07) is 27.1. The molecule has 52 heavy (non-hydrogen) atoms. The first-order valence-electron chi connectivity index (χ1n) is 17.9. The highest BCUT2D eigenvalue weighted by Crippen LogP contribution is 2.29. The van der Waals surface area contributed by atoms with Crippen LogP contribution in [0.3, 0.4) is 0 Å². The minimum absolute atomic E-state index is 0.0381. The van der Waals surface area contributed by atoms with Gasteiger partial charge in [-0.1, -0.05) is 74.5 Å². The van der Waals surface area contributed by atoms with Gasteiger partial charge in [0.25, 0.3) is 0 Å². The zero-order valence-electron chi connectivity index (χ0n) is 29.8. The van der Waals surface area contributed by atoms with Crippen LogP contribution in [-0.4, -0.2) is 77.8 Å². The van der Waals surface area contributed by atoms with Gasteiger partial charge in [-0.2, -0.15) is 0 Å². The van der Waals surface area contributed by atoms with Crippen molar-refractivity contribution in [1.82, 2.24) is 15.1 Å². The maximum absolute atomic E-state index is 13.4. The van der Waals surface area contributed by atoms with Crippen LogP contribution < -0.4 is 16.0 Å². The minimum Gasteiger partial charge on any atom is -0.453 e. The summed E-state index contributed by atoms with van der Waals surface area (Å²) in [4.78, 5) is 68.1. The third-order valence-electron chi connectivity index (χ3n) is 9.90. The first kappa shape index (κ1) is 36.1. The third kappa shape index (κ3) is 8.25. The van der Waals surface area contributed by atoms with Crippen molar-refractivity contribution < 1.29 is 28.7 Å². The maximum atomic E-state index is 13.4. The van der Waals surface area contributed by atoms with E-state index in [1.165, 1.54) is 7.11 Å². The van der Waals surface area contributed by atoms with E-state index < -0.39 is 24.2 Å². The molecule has 11 nitrogen and oxygen atoms in total. The number of amides is 5. The van der Waals surface area contributed by atoms with Crippen molar-refractivity contribution in [2.24, 2.45) is 5.92 Å². The number of benzene rings is 4. The molecule has 4 aromatic rings. The number of nitrogens with zero attached hydrogens (tertiary/aromatic N) is 2. The SMILES string of the molecule is COC(=O)NC(C(=O)N1CCCC1C(=O)Nc1ccc(-c2ccc3cc(NC(=O)C4CCCN4C(=O)Cc4ccccc4)ccc3c2)cc1)C(C)C. The second kappa shape index (κ2) is 16.1. The predicted octanol–water partition coefficient (Wildman–Crippen LogP) is 5.99. The number of hydrogen-bond acceptors (Lipinski definition) is 6. The Labute approximate surface area is 303 Å². The van der Waals surface area contributed by atoms with E-state index in [1.54, 1.807) is 9.80 Å². The Balaban J connectivity index is 1.07. The quantitative estimate of drug-likeness (QED) is 0.186. The Hall–Kier alpha value is -5.71. The molecular formula is C41H45N5O6. The van der Waals surface area contributed by atoms with Gasteiger partial charge < -0.3 is 30.5 Å². The molecule has 0 saturated carbocycles. The van der Waals surface area contributed by atoms with E-state index in [0.717, 1.165) is 33.9 Å². The standard InChI is InChI=1S/C41H45N5O6/c1-26(2)37(44-41(51)52-3)40(50)46-22-8-12-35(46)39(49)42-32-18-15-28(16-19-32)29-13-14-31-25-33(20-17-30(31)24-29)43-38(48)34-11-7-21-45(34)36(47)23-27-9-5-4-6-10-27/h4-6,9-10,13-20,24-26,34-35,37H,7-8,11-12,21-23H2,1-3H3,(H,42,49)(H,43,48)(H,44,51). The van der Waals surface area contributed by atoms with Gasteiger partial charge in [-0.15, -0.1) is 0 Å². The number of nitrogens with one attached hydrogen (secondary N) is 3. The average Bonchev–Trinajstić information content (AvgIpc) is 3.85.